The zero-order chi connectivity index (χ0) is 22.2. The van der Waals surface area contributed by atoms with Crippen molar-refractivity contribution in [2.45, 2.75) is 33.0 Å². The number of esters is 2. The fourth-order valence-corrected chi connectivity index (χ4v) is 2.72. The first-order valence-electron chi connectivity index (χ1n) is 9.79. The van der Waals surface area contributed by atoms with Gasteiger partial charge in [-0.15, -0.1) is 0 Å². The predicted molar refractivity (Wildman–Crippen MR) is 112 cm³/mol. The van der Waals surface area contributed by atoms with Crippen molar-refractivity contribution in [2.75, 3.05) is 13.2 Å². The number of benzene rings is 1. The smallest absolute Gasteiger partial charge is 0.341 e. The molecule has 0 aliphatic carbocycles. The minimum Gasteiger partial charge on any atom is -0.490 e. The molecular formula is C21H23ClN4O5. The van der Waals surface area contributed by atoms with Crippen molar-refractivity contribution in [1.29, 1.82) is 0 Å². The molecule has 0 spiro atoms. The second kappa shape index (κ2) is 10.6. The number of halogens is 1. The molecule has 0 aliphatic rings. The Labute approximate surface area is 184 Å². The minimum absolute atomic E-state index is 0.0171. The van der Waals surface area contributed by atoms with E-state index in [0.29, 0.717) is 35.0 Å². The molecule has 0 aliphatic heterocycles. The van der Waals surface area contributed by atoms with E-state index in [1.165, 1.54) is 12.4 Å². The van der Waals surface area contributed by atoms with Crippen LogP contribution in [-0.4, -0.2) is 50.8 Å². The van der Waals surface area contributed by atoms with Crippen LogP contribution >= 0.6 is 11.6 Å². The highest BCUT2D eigenvalue weighted by Crippen LogP contribution is 2.16. The Hall–Kier alpha value is -3.33. The third-order valence-corrected chi connectivity index (χ3v) is 4.56. The standard InChI is InChI=1S/C21H23ClN4O5/c1-3-25-11-15(9-23-25)20(27)30-14-19(13-29-18-7-5-17(22)6-8-18)31-21(28)16-10-24-26(4-2)12-16/h5-12,19H,3-4,13-14H2,1-2H3/t19-/m1/s1. The molecule has 9 nitrogen and oxygen atoms in total. The van der Waals surface area contributed by atoms with Crippen molar-refractivity contribution >= 4 is 23.5 Å². The van der Waals surface area contributed by atoms with Gasteiger partial charge in [0, 0.05) is 30.5 Å². The zero-order valence-corrected chi connectivity index (χ0v) is 18.0. The molecule has 0 saturated carbocycles. The summed E-state index contributed by atoms with van der Waals surface area (Å²) in [4.78, 5) is 24.8. The van der Waals surface area contributed by atoms with Crippen LogP contribution in [0.5, 0.6) is 5.75 Å². The van der Waals surface area contributed by atoms with Crippen LogP contribution in [0.1, 0.15) is 34.6 Å². The minimum atomic E-state index is -0.835. The van der Waals surface area contributed by atoms with E-state index in [2.05, 4.69) is 10.2 Å². The summed E-state index contributed by atoms with van der Waals surface area (Å²) in [6.45, 7) is 4.87. The molecule has 0 bridgehead atoms. The zero-order valence-electron chi connectivity index (χ0n) is 17.2. The van der Waals surface area contributed by atoms with Gasteiger partial charge in [-0.2, -0.15) is 10.2 Å². The normalized spacial score (nSPS) is 11.7. The van der Waals surface area contributed by atoms with E-state index in [9.17, 15) is 9.59 Å². The van der Waals surface area contributed by atoms with Crippen LogP contribution in [0.25, 0.3) is 0 Å². The lowest BCUT2D eigenvalue weighted by atomic mass is 10.3. The van der Waals surface area contributed by atoms with Gasteiger partial charge in [0.2, 0.25) is 0 Å². The van der Waals surface area contributed by atoms with Crippen LogP contribution in [0.3, 0.4) is 0 Å². The average Bonchev–Trinajstić information content (AvgIpc) is 3.46. The summed E-state index contributed by atoms with van der Waals surface area (Å²) in [5.74, 6) is -0.606. The second-order valence-corrected chi connectivity index (χ2v) is 7.00. The summed E-state index contributed by atoms with van der Waals surface area (Å²) in [5, 5.41) is 8.69. The molecule has 0 radical (unpaired) electrons. The Kier molecular flexibility index (Phi) is 7.66. The summed E-state index contributed by atoms with van der Waals surface area (Å²) in [6.07, 6.45) is 5.19. The molecule has 1 atom stereocenters. The summed E-state index contributed by atoms with van der Waals surface area (Å²) in [7, 11) is 0. The SMILES string of the molecule is CCn1cc(C(=O)OC[C@@H](COc2ccc(Cl)cc2)OC(=O)c2cnn(CC)c2)cn1. The molecule has 0 fully saturated rings. The van der Waals surface area contributed by atoms with Crippen LogP contribution in [0.15, 0.2) is 49.1 Å². The molecule has 0 saturated heterocycles. The lowest BCUT2D eigenvalue weighted by molar-refractivity contribution is -0.0135. The predicted octanol–water partition coefficient (Wildman–Crippen LogP) is 3.23. The summed E-state index contributed by atoms with van der Waals surface area (Å²) >= 11 is 5.88. The molecule has 1 aromatic carbocycles. The third-order valence-electron chi connectivity index (χ3n) is 4.31. The van der Waals surface area contributed by atoms with E-state index < -0.39 is 18.0 Å². The van der Waals surface area contributed by atoms with Crippen LogP contribution in [0.2, 0.25) is 5.02 Å². The highest BCUT2D eigenvalue weighted by molar-refractivity contribution is 6.30. The van der Waals surface area contributed by atoms with Gasteiger partial charge in [0.25, 0.3) is 0 Å². The van der Waals surface area contributed by atoms with Gasteiger partial charge in [-0.3, -0.25) is 9.36 Å². The van der Waals surface area contributed by atoms with Gasteiger partial charge in [0.15, 0.2) is 6.10 Å². The summed E-state index contributed by atoms with van der Waals surface area (Å²) < 4.78 is 19.7. The lowest BCUT2D eigenvalue weighted by Gasteiger charge is -2.18. The first-order chi connectivity index (χ1) is 15.0. The van der Waals surface area contributed by atoms with Gasteiger partial charge in [-0.25, -0.2) is 9.59 Å². The topological polar surface area (TPSA) is 97.5 Å². The van der Waals surface area contributed by atoms with Crippen molar-refractivity contribution in [1.82, 2.24) is 19.6 Å². The molecule has 0 amide bonds. The molecular weight excluding hydrogens is 424 g/mol. The number of aryl methyl sites for hydroxylation is 2. The first kappa shape index (κ1) is 22.4. The molecule has 3 aromatic rings. The molecule has 3 rings (SSSR count). The number of rotatable bonds is 10. The molecule has 31 heavy (non-hydrogen) atoms. The fourth-order valence-electron chi connectivity index (χ4n) is 2.59. The maximum atomic E-state index is 12.5. The number of hydrogen-bond acceptors (Lipinski definition) is 7. The number of carbonyl (C=O) groups excluding carboxylic acids is 2. The molecule has 164 valence electrons. The van der Waals surface area contributed by atoms with Gasteiger partial charge < -0.3 is 14.2 Å². The Morgan fingerprint density at radius 2 is 1.52 bits per heavy atom. The van der Waals surface area contributed by atoms with Crippen molar-refractivity contribution in [2.24, 2.45) is 0 Å². The van der Waals surface area contributed by atoms with E-state index in [0.717, 1.165) is 0 Å². The maximum Gasteiger partial charge on any atom is 0.341 e. The quantitative estimate of drug-likeness (QED) is 0.441. The molecule has 2 aromatic heterocycles. The van der Waals surface area contributed by atoms with Gasteiger partial charge in [-0.05, 0) is 38.1 Å². The number of ether oxygens (including phenoxy) is 3. The number of aromatic nitrogens is 4. The number of nitrogens with zero attached hydrogens (tertiary/aromatic N) is 4. The fraction of sp³-hybridized carbons (Fsp3) is 0.333. The summed E-state index contributed by atoms with van der Waals surface area (Å²) in [5.41, 5.74) is 0.614. The van der Waals surface area contributed by atoms with Gasteiger partial charge in [0.1, 0.15) is 19.0 Å². The highest BCUT2D eigenvalue weighted by Gasteiger charge is 2.21. The molecule has 0 unspecified atom stereocenters. The van der Waals surface area contributed by atoms with E-state index in [-0.39, 0.29) is 13.2 Å². The van der Waals surface area contributed by atoms with E-state index >= 15 is 0 Å². The van der Waals surface area contributed by atoms with Crippen LogP contribution < -0.4 is 4.74 Å². The highest BCUT2D eigenvalue weighted by atomic mass is 35.5. The van der Waals surface area contributed by atoms with E-state index in [4.69, 9.17) is 25.8 Å². The van der Waals surface area contributed by atoms with Crippen LogP contribution in [-0.2, 0) is 22.6 Å². The van der Waals surface area contributed by atoms with E-state index in [1.807, 2.05) is 13.8 Å². The Morgan fingerprint density at radius 1 is 0.935 bits per heavy atom. The van der Waals surface area contributed by atoms with Crippen LogP contribution in [0.4, 0.5) is 0 Å². The molecule has 10 heteroatoms. The third kappa shape index (κ3) is 6.32. The van der Waals surface area contributed by atoms with Gasteiger partial charge >= 0.3 is 11.9 Å². The summed E-state index contributed by atoms with van der Waals surface area (Å²) in [6, 6.07) is 6.75. The average molecular weight is 447 g/mol. The lowest BCUT2D eigenvalue weighted by Crippen LogP contribution is -2.31. The van der Waals surface area contributed by atoms with Crippen molar-refractivity contribution in [3.8, 4) is 5.75 Å². The Morgan fingerprint density at radius 3 is 2.06 bits per heavy atom. The van der Waals surface area contributed by atoms with E-state index in [1.54, 1.807) is 46.0 Å². The monoisotopic (exact) mass is 446 g/mol. The van der Waals surface area contributed by atoms with Crippen LogP contribution in [0, 0.1) is 0 Å². The molecule has 2 heterocycles. The van der Waals surface area contributed by atoms with Crippen molar-refractivity contribution in [3.63, 3.8) is 0 Å². The van der Waals surface area contributed by atoms with Crippen molar-refractivity contribution < 1.29 is 23.8 Å². The van der Waals surface area contributed by atoms with Gasteiger partial charge in [0.05, 0.1) is 23.5 Å². The maximum absolute atomic E-state index is 12.5. The Balaban J connectivity index is 1.64. The Bertz CT molecular complexity index is 1010. The van der Waals surface area contributed by atoms with Gasteiger partial charge in [-0.1, -0.05) is 11.6 Å². The second-order valence-electron chi connectivity index (χ2n) is 6.56. The first-order valence-corrected chi connectivity index (χ1v) is 10.2. The number of carbonyl (C=O) groups is 2. The number of hydrogen-bond donors (Lipinski definition) is 0. The van der Waals surface area contributed by atoms with Crippen molar-refractivity contribution in [3.05, 3.63) is 65.2 Å². The largest absolute Gasteiger partial charge is 0.490 e. The molecule has 0 N–H and O–H groups in total.